The van der Waals surface area contributed by atoms with E-state index in [-0.39, 0.29) is 30.3 Å². The average Bonchev–Trinajstić information content (AvgIpc) is 3.33. The smallest absolute Gasteiger partial charge is 0.338 e. The van der Waals surface area contributed by atoms with Crippen LogP contribution in [0.1, 0.15) is 16.6 Å². The number of aromatic nitrogens is 1. The predicted molar refractivity (Wildman–Crippen MR) is 119 cm³/mol. The number of esters is 1. The maximum atomic E-state index is 13.7. The minimum absolute atomic E-state index is 0.113. The fourth-order valence-corrected chi connectivity index (χ4v) is 4.55. The molecule has 0 saturated carbocycles. The van der Waals surface area contributed by atoms with Crippen LogP contribution in [0.25, 0.3) is 0 Å². The van der Waals surface area contributed by atoms with Crippen molar-refractivity contribution in [3.8, 4) is 0 Å². The van der Waals surface area contributed by atoms with Crippen molar-refractivity contribution in [3.05, 3.63) is 62.5 Å². The summed E-state index contributed by atoms with van der Waals surface area (Å²) >= 11 is 7.69. The van der Waals surface area contributed by atoms with Crippen LogP contribution in [0.4, 0.5) is 4.39 Å². The standard InChI is InChI=1S/C21H20ClFN4O5S/c1-31-21(30)16-14(9-27-5-6-32-15(10-27)20(28)29)25-18(19-24-4-7-33-19)26-17(16)12-3-2-11(23)8-13(12)22/h2-4,7-8,15,17H,5-6,9-10H2,1H3,(H,25,26)(H,28,29). The molecular weight excluding hydrogens is 475 g/mol. The molecule has 12 heteroatoms. The number of carboxylic acids is 1. The molecule has 0 bridgehead atoms. The van der Waals surface area contributed by atoms with Gasteiger partial charge in [-0.15, -0.1) is 11.3 Å². The molecule has 2 aliphatic rings. The zero-order chi connectivity index (χ0) is 23.5. The number of nitrogens with one attached hydrogen (secondary N) is 1. The molecule has 9 nitrogen and oxygen atoms in total. The molecule has 174 valence electrons. The summed E-state index contributed by atoms with van der Waals surface area (Å²) in [6, 6.07) is 3.00. The first-order valence-electron chi connectivity index (χ1n) is 9.95. The Hall–Kier alpha value is -2.86. The number of benzene rings is 1. The van der Waals surface area contributed by atoms with Crippen molar-refractivity contribution in [1.82, 2.24) is 15.2 Å². The number of amidine groups is 1. The van der Waals surface area contributed by atoms with Crippen molar-refractivity contribution in [2.45, 2.75) is 12.1 Å². The molecule has 1 saturated heterocycles. The number of halogens is 2. The number of thiazole rings is 1. The Morgan fingerprint density at radius 3 is 2.94 bits per heavy atom. The lowest BCUT2D eigenvalue weighted by molar-refractivity contribution is -0.155. The van der Waals surface area contributed by atoms with Crippen LogP contribution in [-0.2, 0) is 19.1 Å². The summed E-state index contributed by atoms with van der Waals surface area (Å²) in [5, 5.41) is 15.0. The second kappa shape index (κ2) is 9.96. The third-order valence-corrected chi connectivity index (χ3v) is 6.34. The van der Waals surface area contributed by atoms with Crippen LogP contribution in [0, 0.1) is 5.82 Å². The molecule has 2 unspecified atom stereocenters. The predicted octanol–water partition coefficient (Wildman–Crippen LogP) is 2.24. The minimum Gasteiger partial charge on any atom is -0.479 e. The molecule has 1 aromatic carbocycles. The van der Waals surface area contributed by atoms with Crippen molar-refractivity contribution in [1.29, 1.82) is 0 Å². The molecule has 0 amide bonds. The number of aliphatic imine (C=N–C) groups is 1. The highest BCUT2D eigenvalue weighted by molar-refractivity contribution is 7.11. The summed E-state index contributed by atoms with van der Waals surface area (Å²) in [5.74, 6) is -1.79. The molecule has 4 rings (SSSR count). The number of methoxy groups -OCH3 is 1. The van der Waals surface area contributed by atoms with Gasteiger partial charge in [0.15, 0.2) is 16.9 Å². The number of hydrogen-bond acceptors (Lipinski definition) is 9. The molecule has 1 fully saturated rings. The Bertz CT molecular complexity index is 1120. The summed E-state index contributed by atoms with van der Waals surface area (Å²) in [5.41, 5.74) is 1.10. The number of carboxylic acid groups (broad SMARTS) is 1. The molecule has 3 heterocycles. The van der Waals surface area contributed by atoms with Gasteiger partial charge < -0.3 is 19.9 Å². The van der Waals surface area contributed by atoms with E-state index in [0.29, 0.717) is 28.6 Å². The van der Waals surface area contributed by atoms with Crippen molar-refractivity contribution < 1.29 is 28.6 Å². The number of rotatable bonds is 6. The number of hydrogen-bond donors (Lipinski definition) is 2. The van der Waals surface area contributed by atoms with Crippen LogP contribution >= 0.6 is 22.9 Å². The summed E-state index contributed by atoms with van der Waals surface area (Å²) < 4.78 is 24.0. The molecule has 1 aromatic heterocycles. The van der Waals surface area contributed by atoms with Crippen molar-refractivity contribution >= 4 is 40.7 Å². The lowest BCUT2D eigenvalue weighted by atomic mass is 9.95. The quantitative estimate of drug-likeness (QED) is 0.588. The molecule has 2 aliphatic heterocycles. The number of carbonyl (C=O) groups is 2. The van der Waals surface area contributed by atoms with Gasteiger partial charge in [-0.1, -0.05) is 17.7 Å². The summed E-state index contributed by atoms with van der Waals surface area (Å²) in [6.07, 6.45) is 0.655. The van der Waals surface area contributed by atoms with Crippen LogP contribution in [0.3, 0.4) is 0 Å². The Labute approximate surface area is 197 Å². The summed E-state index contributed by atoms with van der Waals surface area (Å²) in [7, 11) is 1.26. The molecular formula is C21H20ClFN4O5S. The van der Waals surface area contributed by atoms with Gasteiger partial charge in [0.2, 0.25) is 0 Å². The van der Waals surface area contributed by atoms with E-state index in [1.54, 1.807) is 11.6 Å². The first kappa shape index (κ1) is 23.3. The van der Waals surface area contributed by atoms with Gasteiger partial charge >= 0.3 is 11.9 Å². The number of morpholine rings is 1. The topological polar surface area (TPSA) is 113 Å². The van der Waals surface area contributed by atoms with E-state index in [2.05, 4.69) is 15.3 Å². The third-order valence-electron chi connectivity index (χ3n) is 5.23. The summed E-state index contributed by atoms with van der Waals surface area (Å²) in [6.45, 7) is 1.05. The SMILES string of the molecule is COC(=O)C1=C(CN2CCOC(C(=O)O)C2)NC(c2nccs2)=NC1c1ccc(F)cc1Cl. The lowest BCUT2D eigenvalue weighted by Gasteiger charge is -2.34. The Morgan fingerprint density at radius 2 is 2.27 bits per heavy atom. The zero-order valence-corrected chi connectivity index (χ0v) is 19.0. The minimum atomic E-state index is -1.06. The maximum Gasteiger partial charge on any atom is 0.338 e. The maximum absolute atomic E-state index is 13.7. The van der Waals surface area contributed by atoms with E-state index in [1.807, 2.05) is 4.90 Å². The van der Waals surface area contributed by atoms with E-state index in [4.69, 9.17) is 21.1 Å². The van der Waals surface area contributed by atoms with Crippen LogP contribution < -0.4 is 5.32 Å². The molecule has 0 spiro atoms. The van der Waals surface area contributed by atoms with Gasteiger partial charge in [-0.25, -0.2) is 19.0 Å². The fraction of sp³-hybridized carbons (Fsp3) is 0.333. The number of ether oxygens (including phenoxy) is 2. The van der Waals surface area contributed by atoms with Gasteiger partial charge in [0.05, 0.1) is 19.3 Å². The third kappa shape index (κ3) is 5.06. The van der Waals surface area contributed by atoms with E-state index < -0.39 is 29.9 Å². The Balaban J connectivity index is 1.78. The highest BCUT2D eigenvalue weighted by Crippen LogP contribution is 2.36. The van der Waals surface area contributed by atoms with Crippen LogP contribution in [0.2, 0.25) is 5.02 Å². The van der Waals surface area contributed by atoms with E-state index in [9.17, 15) is 19.1 Å². The van der Waals surface area contributed by atoms with Gasteiger partial charge in [0.1, 0.15) is 11.9 Å². The van der Waals surface area contributed by atoms with Gasteiger partial charge in [0, 0.05) is 47.5 Å². The van der Waals surface area contributed by atoms with Crippen molar-refractivity contribution in [2.24, 2.45) is 4.99 Å². The molecule has 33 heavy (non-hydrogen) atoms. The Morgan fingerprint density at radius 1 is 1.45 bits per heavy atom. The van der Waals surface area contributed by atoms with Gasteiger partial charge in [-0.05, 0) is 12.1 Å². The lowest BCUT2D eigenvalue weighted by Crippen LogP contribution is -2.48. The zero-order valence-electron chi connectivity index (χ0n) is 17.5. The summed E-state index contributed by atoms with van der Waals surface area (Å²) in [4.78, 5) is 35.1. The second-order valence-corrected chi connectivity index (χ2v) is 8.63. The largest absolute Gasteiger partial charge is 0.479 e. The average molecular weight is 495 g/mol. The molecule has 2 N–H and O–H groups in total. The highest BCUT2D eigenvalue weighted by atomic mass is 35.5. The van der Waals surface area contributed by atoms with Crippen molar-refractivity contribution in [2.75, 3.05) is 33.4 Å². The molecule has 0 aliphatic carbocycles. The number of aliphatic carboxylic acids is 1. The van der Waals surface area contributed by atoms with E-state index in [1.165, 1.54) is 30.6 Å². The molecule has 0 radical (unpaired) electrons. The van der Waals surface area contributed by atoms with E-state index >= 15 is 0 Å². The normalized spacial score (nSPS) is 21.4. The fourth-order valence-electron chi connectivity index (χ4n) is 3.69. The molecule has 2 aromatic rings. The number of carbonyl (C=O) groups excluding carboxylic acids is 1. The Kier molecular flexibility index (Phi) is 7.03. The van der Waals surface area contributed by atoms with Crippen LogP contribution in [0.15, 0.2) is 46.0 Å². The number of nitrogens with zero attached hydrogens (tertiary/aromatic N) is 3. The van der Waals surface area contributed by atoms with Gasteiger partial charge in [-0.3, -0.25) is 9.89 Å². The second-order valence-electron chi connectivity index (χ2n) is 7.32. The highest BCUT2D eigenvalue weighted by Gasteiger charge is 2.35. The van der Waals surface area contributed by atoms with Crippen molar-refractivity contribution in [3.63, 3.8) is 0 Å². The molecule has 2 atom stereocenters. The van der Waals surface area contributed by atoms with Gasteiger partial charge in [-0.2, -0.15) is 0 Å². The van der Waals surface area contributed by atoms with Crippen LogP contribution in [-0.4, -0.2) is 72.2 Å². The first-order valence-corrected chi connectivity index (χ1v) is 11.2. The first-order chi connectivity index (χ1) is 15.9. The van der Waals surface area contributed by atoms with E-state index in [0.717, 1.165) is 6.07 Å². The van der Waals surface area contributed by atoms with Gasteiger partial charge in [0.25, 0.3) is 0 Å². The monoisotopic (exact) mass is 494 g/mol. The van der Waals surface area contributed by atoms with Crippen LogP contribution in [0.5, 0.6) is 0 Å².